The number of aliphatic hydroxyl groups excluding tert-OH is 1. The molecule has 0 amide bonds. The van der Waals surface area contributed by atoms with Crippen LogP contribution in [0.5, 0.6) is 0 Å². The van der Waals surface area contributed by atoms with Crippen molar-refractivity contribution in [1.82, 2.24) is 14.1 Å². The molecular weight excluding hydrogens is 290 g/mol. The molecule has 0 bridgehead atoms. The van der Waals surface area contributed by atoms with Crippen LogP contribution in [-0.4, -0.2) is 34.7 Å². The van der Waals surface area contributed by atoms with Gasteiger partial charge in [-0.1, -0.05) is 6.07 Å². The number of hydrogen-bond acceptors (Lipinski definition) is 4. The third-order valence-corrected chi connectivity index (χ3v) is 5.16. The van der Waals surface area contributed by atoms with E-state index in [0.29, 0.717) is 5.56 Å². The zero-order valence-corrected chi connectivity index (χ0v) is 13.1. The maximum Gasteiger partial charge on any atom is 0.243 e. The molecule has 7 heteroatoms. The van der Waals surface area contributed by atoms with Crippen LogP contribution >= 0.6 is 0 Å². The van der Waals surface area contributed by atoms with Crippen LogP contribution in [0.25, 0.3) is 0 Å². The number of sulfonamides is 1. The zero-order chi connectivity index (χ0) is 15.6. The number of hydrogen-bond donors (Lipinski definition) is 1. The van der Waals surface area contributed by atoms with Crippen molar-refractivity contribution < 1.29 is 13.5 Å². The Morgan fingerprint density at radius 3 is 2.67 bits per heavy atom. The van der Waals surface area contributed by atoms with E-state index in [1.165, 1.54) is 17.4 Å². The Labute approximate surface area is 124 Å². The van der Waals surface area contributed by atoms with Crippen LogP contribution < -0.4 is 0 Å². The lowest BCUT2D eigenvalue weighted by Gasteiger charge is -2.17. The molecule has 0 radical (unpaired) electrons. The number of nitrogens with zero attached hydrogens (tertiary/aromatic N) is 3. The van der Waals surface area contributed by atoms with Gasteiger partial charge in [-0.05, 0) is 30.2 Å². The Morgan fingerprint density at radius 1 is 1.38 bits per heavy atom. The lowest BCUT2D eigenvalue weighted by molar-refractivity contribution is 0.280. The Hall–Kier alpha value is -1.70. The highest BCUT2D eigenvalue weighted by atomic mass is 32.2. The maximum atomic E-state index is 12.5. The van der Waals surface area contributed by atoms with Crippen LogP contribution in [0.4, 0.5) is 0 Å². The standard InChI is InChI=1S/C14H19N3O3S/c1-11-4-5-14(6-13(11)10-18)21(19,20)17(3)9-12-7-15-16(2)8-12/h4-8,18H,9-10H2,1-3H3. The fourth-order valence-electron chi connectivity index (χ4n) is 2.05. The van der Waals surface area contributed by atoms with Crippen molar-refractivity contribution in [1.29, 1.82) is 0 Å². The second-order valence-electron chi connectivity index (χ2n) is 5.03. The summed E-state index contributed by atoms with van der Waals surface area (Å²) in [5.41, 5.74) is 2.30. The van der Waals surface area contributed by atoms with Crippen molar-refractivity contribution in [3.8, 4) is 0 Å². The molecule has 0 aliphatic heterocycles. The first-order valence-corrected chi connectivity index (χ1v) is 7.93. The Morgan fingerprint density at radius 2 is 2.10 bits per heavy atom. The number of aryl methyl sites for hydroxylation is 2. The Balaban J connectivity index is 2.28. The number of benzene rings is 1. The van der Waals surface area contributed by atoms with E-state index in [-0.39, 0.29) is 18.0 Å². The van der Waals surface area contributed by atoms with Crippen molar-refractivity contribution >= 4 is 10.0 Å². The summed E-state index contributed by atoms with van der Waals surface area (Å²) in [6.07, 6.45) is 3.42. The molecule has 0 aliphatic rings. The summed E-state index contributed by atoms with van der Waals surface area (Å²) >= 11 is 0. The average Bonchev–Trinajstić information content (AvgIpc) is 2.84. The van der Waals surface area contributed by atoms with Gasteiger partial charge in [-0.2, -0.15) is 9.40 Å². The van der Waals surface area contributed by atoms with Gasteiger partial charge < -0.3 is 5.11 Å². The molecule has 6 nitrogen and oxygen atoms in total. The lowest BCUT2D eigenvalue weighted by Crippen LogP contribution is -2.26. The van der Waals surface area contributed by atoms with Gasteiger partial charge in [-0.15, -0.1) is 0 Å². The van der Waals surface area contributed by atoms with E-state index < -0.39 is 10.0 Å². The third kappa shape index (κ3) is 3.31. The van der Waals surface area contributed by atoms with Gasteiger partial charge in [0.2, 0.25) is 10.0 Å². The smallest absolute Gasteiger partial charge is 0.243 e. The van der Waals surface area contributed by atoms with Gasteiger partial charge in [0.1, 0.15) is 0 Å². The van der Waals surface area contributed by atoms with E-state index >= 15 is 0 Å². The summed E-state index contributed by atoms with van der Waals surface area (Å²) in [6, 6.07) is 4.78. The minimum atomic E-state index is -3.59. The van der Waals surface area contributed by atoms with Crippen molar-refractivity contribution in [2.75, 3.05) is 7.05 Å². The van der Waals surface area contributed by atoms with Gasteiger partial charge in [-0.3, -0.25) is 4.68 Å². The lowest BCUT2D eigenvalue weighted by atomic mass is 10.1. The zero-order valence-electron chi connectivity index (χ0n) is 12.3. The van der Waals surface area contributed by atoms with Gasteiger partial charge in [-0.25, -0.2) is 8.42 Å². The normalized spacial score (nSPS) is 12.0. The second-order valence-corrected chi connectivity index (χ2v) is 7.07. The molecule has 21 heavy (non-hydrogen) atoms. The first kappa shape index (κ1) is 15.7. The summed E-state index contributed by atoms with van der Waals surface area (Å²) in [7, 11) is -0.280. The van der Waals surface area contributed by atoms with Crippen molar-refractivity contribution in [2.24, 2.45) is 7.05 Å². The summed E-state index contributed by atoms with van der Waals surface area (Å²) in [4.78, 5) is 0.184. The van der Waals surface area contributed by atoms with Gasteiger partial charge in [0.05, 0.1) is 17.7 Å². The summed E-state index contributed by atoms with van der Waals surface area (Å²) < 4.78 is 28.0. The van der Waals surface area contributed by atoms with Crippen molar-refractivity contribution in [3.63, 3.8) is 0 Å². The molecule has 2 aromatic rings. The number of aliphatic hydroxyl groups is 1. The predicted molar refractivity (Wildman–Crippen MR) is 79.0 cm³/mol. The monoisotopic (exact) mass is 309 g/mol. The predicted octanol–water partition coefficient (Wildman–Crippen LogP) is 1.04. The highest BCUT2D eigenvalue weighted by Gasteiger charge is 2.22. The highest BCUT2D eigenvalue weighted by Crippen LogP contribution is 2.20. The van der Waals surface area contributed by atoms with E-state index in [1.807, 2.05) is 6.92 Å². The molecule has 0 unspecified atom stereocenters. The number of rotatable bonds is 5. The van der Waals surface area contributed by atoms with Crippen LogP contribution in [0.2, 0.25) is 0 Å². The fraction of sp³-hybridized carbons (Fsp3) is 0.357. The topological polar surface area (TPSA) is 75.4 Å². The van der Waals surface area contributed by atoms with Crippen LogP contribution in [0.3, 0.4) is 0 Å². The molecule has 1 aromatic carbocycles. The summed E-state index contributed by atoms with van der Waals surface area (Å²) in [6.45, 7) is 1.90. The summed E-state index contributed by atoms with van der Waals surface area (Å²) in [5.74, 6) is 0. The first-order chi connectivity index (χ1) is 9.84. The van der Waals surface area contributed by atoms with Gasteiger partial charge in [0.15, 0.2) is 0 Å². The second kappa shape index (κ2) is 5.97. The van der Waals surface area contributed by atoms with Gasteiger partial charge in [0, 0.05) is 32.4 Å². The molecule has 0 spiro atoms. The molecule has 0 aliphatic carbocycles. The molecule has 1 aromatic heterocycles. The largest absolute Gasteiger partial charge is 0.392 e. The Kier molecular flexibility index (Phi) is 4.46. The number of aromatic nitrogens is 2. The molecule has 114 valence electrons. The minimum absolute atomic E-state index is 0.179. The molecule has 2 rings (SSSR count). The summed E-state index contributed by atoms with van der Waals surface area (Å²) in [5, 5.41) is 13.3. The molecule has 0 saturated carbocycles. The molecule has 0 fully saturated rings. The van der Waals surface area contributed by atoms with Crippen molar-refractivity contribution in [3.05, 3.63) is 47.3 Å². The first-order valence-electron chi connectivity index (χ1n) is 6.49. The molecule has 1 N–H and O–H groups in total. The van der Waals surface area contributed by atoms with Crippen LogP contribution in [0, 0.1) is 6.92 Å². The van der Waals surface area contributed by atoms with Crippen LogP contribution in [0.15, 0.2) is 35.5 Å². The average molecular weight is 309 g/mol. The van der Waals surface area contributed by atoms with Gasteiger partial charge in [0.25, 0.3) is 0 Å². The molecule has 1 heterocycles. The third-order valence-electron chi connectivity index (χ3n) is 3.36. The molecular formula is C14H19N3O3S. The van der Waals surface area contributed by atoms with E-state index in [2.05, 4.69) is 5.10 Å². The Bertz CT molecular complexity index is 738. The van der Waals surface area contributed by atoms with Crippen LogP contribution in [0.1, 0.15) is 16.7 Å². The van der Waals surface area contributed by atoms with E-state index in [0.717, 1.165) is 11.1 Å². The molecule has 0 saturated heterocycles. The fourth-order valence-corrected chi connectivity index (χ4v) is 3.26. The van der Waals surface area contributed by atoms with Gasteiger partial charge >= 0.3 is 0 Å². The quantitative estimate of drug-likeness (QED) is 0.895. The maximum absolute atomic E-state index is 12.5. The van der Waals surface area contributed by atoms with E-state index in [1.54, 1.807) is 36.3 Å². The minimum Gasteiger partial charge on any atom is -0.392 e. The highest BCUT2D eigenvalue weighted by molar-refractivity contribution is 7.89. The van der Waals surface area contributed by atoms with E-state index in [9.17, 15) is 13.5 Å². The van der Waals surface area contributed by atoms with Crippen molar-refractivity contribution in [2.45, 2.75) is 25.0 Å². The molecule has 0 atom stereocenters. The van der Waals surface area contributed by atoms with E-state index in [4.69, 9.17) is 0 Å². The SMILES string of the molecule is Cc1ccc(S(=O)(=O)N(C)Cc2cnn(C)c2)cc1CO. The van der Waals surface area contributed by atoms with Crippen LogP contribution in [-0.2, 0) is 30.2 Å².